The Hall–Kier alpha value is -1.35. The molecule has 1 amide bonds. The van der Waals surface area contributed by atoms with Crippen molar-refractivity contribution < 1.29 is 4.79 Å². The van der Waals surface area contributed by atoms with Crippen molar-refractivity contribution in [3.05, 3.63) is 35.9 Å². The minimum absolute atomic E-state index is 0.157. The van der Waals surface area contributed by atoms with Crippen molar-refractivity contribution >= 4 is 5.91 Å². The predicted octanol–water partition coefficient (Wildman–Crippen LogP) is 3.13. The first-order valence-corrected chi connectivity index (χ1v) is 8.32. The predicted molar refractivity (Wildman–Crippen MR) is 87.0 cm³/mol. The van der Waals surface area contributed by atoms with Crippen LogP contribution in [0.2, 0.25) is 0 Å². The van der Waals surface area contributed by atoms with E-state index in [-0.39, 0.29) is 11.9 Å². The normalized spacial score (nSPS) is 20.3. The second-order valence-corrected chi connectivity index (χ2v) is 6.10. The van der Waals surface area contributed by atoms with Gasteiger partial charge in [0.25, 0.3) is 0 Å². The van der Waals surface area contributed by atoms with Crippen molar-refractivity contribution in [2.45, 2.75) is 64.0 Å². The van der Waals surface area contributed by atoms with E-state index >= 15 is 0 Å². The fourth-order valence-electron chi connectivity index (χ4n) is 3.23. The number of amides is 1. The Bertz CT molecular complexity index is 430. The molecule has 1 aromatic rings. The summed E-state index contributed by atoms with van der Waals surface area (Å²) in [5, 5.41) is 0. The molecule has 1 fully saturated rings. The van der Waals surface area contributed by atoms with Crippen LogP contribution in [-0.4, -0.2) is 29.4 Å². The molecule has 0 bridgehead atoms. The van der Waals surface area contributed by atoms with Gasteiger partial charge in [0.2, 0.25) is 5.91 Å². The Kier molecular flexibility index (Phi) is 6.24. The number of rotatable bonds is 6. The number of nitrogens with two attached hydrogens (primary N) is 1. The van der Waals surface area contributed by atoms with E-state index in [2.05, 4.69) is 24.0 Å². The van der Waals surface area contributed by atoms with E-state index in [1.807, 2.05) is 18.2 Å². The first kappa shape index (κ1) is 16.0. The highest BCUT2D eigenvalue weighted by atomic mass is 16.2. The number of hydrogen-bond donors (Lipinski definition) is 1. The maximum absolute atomic E-state index is 12.6. The van der Waals surface area contributed by atoms with Crippen LogP contribution in [0.4, 0.5) is 0 Å². The molecule has 2 atom stereocenters. The van der Waals surface area contributed by atoms with Crippen LogP contribution in [0.3, 0.4) is 0 Å². The molecule has 1 aliphatic heterocycles. The first-order valence-electron chi connectivity index (χ1n) is 8.32. The molecule has 0 radical (unpaired) electrons. The fraction of sp³-hybridized carbons (Fsp3) is 0.611. The molecule has 1 aromatic carbocycles. The van der Waals surface area contributed by atoms with E-state index in [4.69, 9.17) is 5.73 Å². The van der Waals surface area contributed by atoms with Gasteiger partial charge in [-0.3, -0.25) is 4.79 Å². The second kappa shape index (κ2) is 8.18. The topological polar surface area (TPSA) is 46.3 Å². The van der Waals surface area contributed by atoms with Crippen molar-refractivity contribution in [3.8, 4) is 0 Å². The van der Waals surface area contributed by atoms with Gasteiger partial charge in [0.1, 0.15) is 0 Å². The highest BCUT2D eigenvalue weighted by Gasteiger charge is 2.29. The molecule has 1 aliphatic rings. The molecule has 3 nitrogen and oxygen atoms in total. The highest BCUT2D eigenvalue weighted by Crippen LogP contribution is 2.22. The van der Waals surface area contributed by atoms with Crippen molar-refractivity contribution in [2.75, 3.05) is 6.54 Å². The van der Waals surface area contributed by atoms with Gasteiger partial charge in [0.15, 0.2) is 0 Å². The molecule has 21 heavy (non-hydrogen) atoms. The number of carbonyl (C=O) groups is 1. The molecule has 1 heterocycles. The van der Waals surface area contributed by atoms with E-state index in [0.29, 0.717) is 6.04 Å². The Morgan fingerprint density at radius 2 is 2.10 bits per heavy atom. The standard InChI is InChI=1S/C18H28N2O/c1-2-8-16-11-6-7-14-20(16)18(21)17(19)13-12-15-9-4-3-5-10-15/h3-5,9-10,16-17H,2,6-8,11-14,19H2,1H3. The van der Waals surface area contributed by atoms with Gasteiger partial charge in [0, 0.05) is 12.6 Å². The van der Waals surface area contributed by atoms with Gasteiger partial charge in [0.05, 0.1) is 6.04 Å². The molecule has 2 unspecified atom stereocenters. The third kappa shape index (κ3) is 4.57. The molecule has 1 saturated heterocycles. The molecule has 0 saturated carbocycles. The second-order valence-electron chi connectivity index (χ2n) is 6.10. The van der Waals surface area contributed by atoms with Crippen LogP contribution in [0.5, 0.6) is 0 Å². The van der Waals surface area contributed by atoms with Gasteiger partial charge in [-0.05, 0) is 44.1 Å². The quantitative estimate of drug-likeness (QED) is 0.874. The first-order chi connectivity index (χ1) is 10.2. The van der Waals surface area contributed by atoms with E-state index in [9.17, 15) is 4.79 Å². The zero-order valence-corrected chi connectivity index (χ0v) is 13.1. The summed E-state index contributed by atoms with van der Waals surface area (Å²) in [5.41, 5.74) is 7.42. The van der Waals surface area contributed by atoms with Gasteiger partial charge in [-0.1, -0.05) is 43.7 Å². The van der Waals surface area contributed by atoms with Crippen molar-refractivity contribution in [3.63, 3.8) is 0 Å². The molecule has 3 heteroatoms. The summed E-state index contributed by atoms with van der Waals surface area (Å²) in [7, 11) is 0. The smallest absolute Gasteiger partial charge is 0.239 e. The summed E-state index contributed by atoms with van der Waals surface area (Å²) < 4.78 is 0. The highest BCUT2D eigenvalue weighted by molar-refractivity contribution is 5.82. The number of hydrogen-bond acceptors (Lipinski definition) is 2. The SMILES string of the molecule is CCCC1CCCCN1C(=O)C(N)CCc1ccccc1. The largest absolute Gasteiger partial charge is 0.338 e. The maximum Gasteiger partial charge on any atom is 0.239 e. The molecular weight excluding hydrogens is 260 g/mol. The average molecular weight is 288 g/mol. The molecule has 0 aliphatic carbocycles. The summed E-state index contributed by atoms with van der Waals surface area (Å²) in [5.74, 6) is 0.157. The molecule has 0 aromatic heterocycles. The summed E-state index contributed by atoms with van der Waals surface area (Å²) in [6.07, 6.45) is 7.36. The van der Waals surface area contributed by atoms with Crippen molar-refractivity contribution in [1.29, 1.82) is 0 Å². The number of likely N-dealkylation sites (tertiary alicyclic amines) is 1. The number of carbonyl (C=O) groups excluding carboxylic acids is 1. The van der Waals surface area contributed by atoms with Crippen molar-refractivity contribution in [2.24, 2.45) is 5.73 Å². The maximum atomic E-state index is 12.6. The van der Waals surface area contributed by atoms with Crippen LogP contribution >= 0.6 is 0 Å². The van der Waals surface area contributed by atoms with E-state index < -0.39 is 0 Å². The van der Waals surface area contributed by atoms with Gasteiger partial charge < -0.3 is 10.6 Å². The summed E-state index contributed by atoms with van der Waals surface area (Å²) in [4.78, 5) is 14.7. The lowest BCUT2D eigenvalue weighted by atomic mass is 9.96. The zero-order chi connectivity index (χ0) is 15.1. The fourth-order valence-corrected chi connectivity index (χ4v) is 3.23. The van der Waals surface area contributed by atoms with Gasteiger partial charge >= 0.3 is 0 Å². The Labute approximate surface area is 128 Å². The summed E-state index contributed by atoms with van der Waals surface area (Å²) in [6.45, 7) is 3.08. The zero-order valence-electron chi connectivity index (χ0n) is 13.1. The lowest BCUT2D eigenvalue weighted by molar-refractivity contribution is -0.136. The minimum atomic E-state index is -0.359. The monoisotopic (exact) mass is 288 g/mol. The Morgan fingerprint density at radius 1 is 1.33 bits per heavy atom. The van der Waals surface area contributed by atoms with Gasteiger partial charge in [-0.2, -0.15) is 0 Å². The van der Waals surface area contributed by atoms with Crippen molar-refractivity contribution in [1.82, 2.24) is 4.90 Å². The van der Waals surface area contributed by atoms with Gasteiger partial charge in [-0.15, -0.1) is 0 Å². The number of nitrogens with zero attached hydrogens (tertiary/aromatic N) is 1. The lowest BCUT2D eigenvalue weighted by Gasteiger charge is -2.37. The molecule has 2 rings (SSSR count). The summed E-state index contributed by atoms with van der Waals surface area (Å²) >= 11 is 0. The minimum Gasteiger partial charge on any atom is -0.338 e. The van der Waals surface area contributed by atoms with Crippen LogP contribution in [0.15, 0.2) is 30.3 Å². The van der Waals surface area contributed by atoms with Crippen LogP contribution in [0, 0.1) is 0 Å². The summed E-state index contributed by atoms with van der Waals surface area (Å²) in [6, 6.07) is 10.3. The average Bonchev–Trinajstić information content (AvgIpc) is 2.54. The van der Waals surface area contributed by atoms with E-state index in [1.165, 1.54) is 12.0 Å². The third-order valence-corrected chi connectivity index (χ3v) is 4.44. The lowest BCUT2D eigenvalue weighted by Crippen LogP contribution is -2.50. The number of benzene rings is 1. The van der Waals surface area contributed by atoms with Crippen LogP contribution in [-0.2, 0) is 11.2 Å². The number of aryl methyl sites for hydroxylation is 1. The van der Waals surface area contributed by atoms with E-state index in [0.717, 1.165) is 45.1 Å². The third-order valence-electron chi connectivity index (χ3n) is 4.44. The van der Waals surface area contributed by atoms with Crippen LogP contribution in [0.25, 0.3) is 0 Å². The number of piperidine rings is 1. The Balaban J connectivity index is 1.88. The molecular formula is C18H28N2O. The molecule has 116 valence electrons. The van der Waals surface area contributed by atoms with Crippen LogP contribution in [0.1, 0.15) is 51.0 Å². The van der Waals surface area contributed by atoms with E-state index in [1.54, 1.807) is 0 Å². The molecule has 2 N–H and O–H groups in total. The van der Waals surface area contributed by atoms with Gasteiger partial charge in [-0.25, -0.2) is 0 Å². The van der Waals surface area contributed by atoms with Crippen LogP contribution < -0.4 is 5.73 Å². The molecule has 0 spiro atoms. The Morgan fingerprint density at radius 3 is 2.81 bits per heavy atom.